The monoisotopic (exact) mass is 252 g/mol. The van der Waals surface area contributed by atoms with E-state index in [0.717, 1.165) is 36.9 Å². The van der Waals surface area contributed by atoms with Gasteiger partial charge in [-0.3, -0.25) is 0 Å². The SMILES string of the molecule is NCCCCNC(c1ccc(Cl)cc1)C1CC1. The molecule has 1 aromatic rings. The van der Waals surface area contributed by atoms with Gasteiger partial charge in [0.2, 0.25) is 0 Å². The summed E-state index contributed by atoms with van der Waals surface area (Å²) in [5.41, 5.74) is 6.87. The molecule has 0 radical (unpaired) electrons. The molecule has 2 nitrogen and oxygen atoms in total. The van der Waals surface area contributed by atoms with Crippen molar-refractivity contribution in [3.8, 4) is 0 Å². The Morgan fingerprint density at radius 3 is 2.53 bits per heavy atom. The predicted molar refractivity (Wildman–Crippen MR) is 73.2 cm³/mol. The minimum atomic E-state index is 0.505. The first-order valence-electron chi connectivity index (χ1n) is 6.50. The van der Waals surface area contributed by atoms with Gasteiger partial charge in [0.25, 0.3) is 0 Å². The number of benzene rings is 1. The van der Waals surface area contributed by atoms with Crippen LogP contribution >= 0.6 is 11.6 Å². The van der Waals surface area contributed by atoms with Crippen LogP contribution in [0.3, 0.4) is 0 Å². The van der Waals surface area contributed by atoms with Crippen molar-refractivity contribution < 1.29 is 0 Å². The van der Waals surface area contributed by atoms with Crippen molar-refractivity contribution in [3.63, 3.8) is 0 Å². The van der Waals surface area contributed by atoms with Crippen LogP contribution in [0.4, 0.5) is 0 Å². The fourth-order valence-corrected chi connectivity index (χ4v) is 2.31. The summed E-state index contributed by atoms with van der Waals surface area (Å²) in [7, 11) is 0. The lowest BCUT2D eigenvalue weighted by molar-refractivity contribution is 0.471. The molecule has 3 N–H and O–H groups in total. The molecular formula is C14H21ClN2. The zero-order valence-electron chi connectivity index (χ0n) is 10.2. The maximum absolute atomic E-state index is 5.92. The summed E-state index contributed by atoms with van der Waals surface area (Å²) in [6.45, 7) is 1.84. The topological polar surface area (TPSA) is 38.0 Å². The van der Waals surface area contributed by atoms with E-state index in [1.54, 1.807) is 0 Å². The van der Waals surface area contributed by atoms with Crippen LogP contribution in [0.5, 0.6) is 0 Å². The number of hydrogen-bond donors (Lipinski definition) is 2. The number of nitrogens with one attached hydrogen (secondary N) is 1. The first kappa shape index (κ1) is 12.9. The molecule has 0 saturated heterocycles. The summed E-state index contributed by atoms with van der Waals surface area (Å²) in [5.74, 6) is 0.814. The minimum Gasteiger partial charge on any atom is -0.330 e. The van der Waals surface area contributed by atoms with Crippen LogP contribution < -0.4 is 11.1 Å². The van der Waals surface area contributed by atoms with Gasteiger partial charge in [-0.05, 0) is 62.4 Å². The smallest absolute Gasteiger partial charge is 0.0406 e. The van der Waals surface area contributed by atoms with Crippen molar-refractivity contribution in [1.29, 1.82) is 0 Å². The van der Waals surface area contributed by atoms with Crippen molar-refractivity contribution in [2.24, 2.45) is 11.7 Å². The maximum Gasteiger partial charge on any atom is 0.0406 e. The van der Waals surface area contributed by atoms with E-state index in [2.05, 4.69) is 17.4 Å². The fourth-order valence-electron chi connectivity index (χ4n) is 2.18. The highest BCUT2D eigenvalue weighted by atomic mass is 35.5. The van der Waals surface area contributed by atoms with Crippen LogP contribution in [0.2, 0.25) is 5.02 Å². The molecule has 1 unspecified atom stereocenters. The van der Waals surface area contributed by atoms with Crippen LogP contribution in [-0.4, -0.2) is 13.1 Å². The molecule has 0 aromatic heterocycles. The molecule has 1 aliphatic rings. The standard InChI is InChI=1S/C14H21ClN2/c15-13-7-5-12(6-8-13)14(11-3-4-11)17-10-2-1-9-16/h5-8,11,14,17H,1-4,9-10,16H2. The van der Waals surface area contributed by atoms with Crippen molar-refractivity contribution in [3.05, 3.63) is 34.9 Å². The summed E-state index contributed by atoms with van der Waals surface area (Å²) in [5, 5.41) is 4.47. The molecule has 0 spiro atoms. The second-order valence-electron chi connectivity index (χ2n) is 4.82. The highest BCUT2D eigenvalue weighted by Crippen LogP contribution is 2.41. The van der Waals surface area contributed by atoms with Crippen LogP contribution in [0.1, 0.15) is 37.3 Å². The van der Waals surface area contributed by atoms with E-state index >= 15 is 0 Å². The summed E-state index contributed by atoms with van der Waals surface area (Å²) in [6, 6.07) is 8.74. The molecule has 1 aromatic carbocycles. The largest absolute Gasteiger partial charge is 0.330 e. The van der Waals surface area contributed by atoms with Gasteiger partial charge < -0.3 is 11.1 Å². The van der Waals surface area contributed by atoms with Gasteiger partial charge >= 0.3 is 0 Å². The Kier molecular flexibility index (Phi) is 4.84. The minimum absolute atomic E-state index is 0.505. The summed E-state index contributed by atoms with van der Waals surface area (Å²) in [4.78, 5) is 0. The molecule has 1 atom stereocenters. The molecule has 0 aliphatic heterocycles. The van der Waals surface area contributed by atoms with Gasteiger partial charge in [-0.15, -0.1) is 0 Å². The van der Waals surface area contributed by atoms with Crippen LogP contribution in [0, 0.1) is 5.92 Å². The lowest BCUT2D eigenvalue weighted by Crippen LogP contribution is -2.24. The molecule has 94 valence electrons. The lowest BCUT2D eigenvalue weighted by atomic mass is 10.0. The maximum atomic E-state index is 5.92. The van der Waals surface area contributed by atoms with Gasteiger partial charge in [-0.2, -0.15) is 0 Å². The average Bonchev–Trinajstić information content (AvgIpc) is 3.15. The Hall–Kier alpha value is -0.570. The zero-order chi connectivity index (χ0) is 12.1. The molecule has 1 aliphatic carbocycles. The van der Waals surface area contributed by atoms with E-state index in [1.807, 2.05) is 12.1 Å². The lowest BCUT2D eigenvalue weighted by Gasteiger charge is -2.18. The molecule has 2 rings (SSSR count). The van der Waals surface area contributed by atoms with E-state index in [1.165, 1.54) is 18.4 Å². The van der Waals surface area contributed by atoms with Crippen molar-refractivity contribution in [2.75, 3.05) is 13.1 Å². The molecular weight excluding hydrogens is 232 g/mol. The van der Waals surface area contributed by atoms with E-state index in [4.69, 9.17) is 17.3 Å². The highest BCUT2D eigenvalue weighted by molar-refractivity contribution is 6.30. The number of nitrogens with two attached hydrogens (primary N) is 1. The van der Waals surface area contributed by atoms with Gasteiger partial charge in [0.1, 0.15) is 0 Å². The summed E-state index contributed by atoms with van der Waals surface area (Å²) < 4.78 is 0. The van der Waals surface area contributed by atoms with Gasteiger partial charge in [0.15, 0.2) is 0 Å². The molecule has 17 heavy (non-hydrogen) atoms. The van der Waals surface area contributed by atoms with E-state index in [-0.39, 0.29) is 0 Å². The number of hydrogen-bond acceptors (Lipinski definition) is 2. The number of unbranched alkanes of at least 4 members (excludes halogenated alkanes) is 1. The molecule has 1 saturated carbocycles. The molecule has 3 heteroatoms. The second kappa shape index (κ2) is 6.39. The fraction of sp³-hybridized carbons (Fsp3) is 0.571. The van der Waals surface area contributed by atoms with Gasteiger partial charge in [-0.1, -0.05) is 23.7 Å². The Labute approximate surface area is 109 Å². The van der Waals surface area contributed by atoms with Crippen LogP contribution in [-0.2, 0) is 0 Å². The summed E-state index contributed by atoms with van der Waals surface area (Å²) >= 11 is 5.92. The first-order chi connectivity index (χ1) is 8.31. The average molecular weight is 253 g/mol. The first-order valence-corrected chi connectivity index (χ1v) is 6.88. The molecule has 1 fully saturated rings. The quantitative estimate of drug-likeness (QED) is 0.732. The normalized spacial score (nSPS) is 17.1. The molecule has 0 heterocycles. The highest BCUT2D eigenvalue weighted by Gasteiger charge is 2.31. The van der Waals surface area contributed by atoms with Gasteiger partial charge in [0, 0.05) is 11.1 Å². The third kappa shape index (κ3) is 3.98. The summed E-state index contributed by atoms with van der Waals surface area (Å²) in [6.07, 6.45) is 4.95. The molecule has 0 amide bonds. The van der Waals surface area contributed by atoms with E-state index in [0.29, 0.717) is 6.04 Å². The van der Waals surface area contributed by atoms with Crippen LogP contribution in [0.15, 0.2) is 24.3 Å². The third-order valence-electron chi connectivity index (χ3n) is 3.32. The number of halogens is 1. The number of rotatable bonds is 7. The molecule has 0 bridgehead atoms. The van der Waals surface area contributed by atoms with E-state index < -0.39 is 0 Å². The Morgan fingerprint density at radius 1 is 1.24 bits per heavy atom. The Bertz CT molecular complexity index is 333. The third-order valence-corrected chi connectivity index (χ3v) is 3.57. The van der Waals surface area contributed by atoms with Gasteiger partial charge in [0.05, 0.1) is 0 Å². The van der Waals surface area contributed by atoms with E-state index in [9.17, 15) is 0 Å². The Balaban J connectivity index is 1.90. The van der Waals surface area contributed by atoms with Crippen molar-refractivity contribution in [1.82, 2.24) is 5.32 Å². The van der Waals surface area contributed by atoms with Crippen molar-refractivity contribution >= 4 is 11.6 Å². The predicted octanol–water partition coefficient (Wildman–Crippen LogP) is 3.12. The van der Waals surface area contributed by atoms with Gasteiger partial charge in [-0.25, -0.2) is 0 Å². The van der Waals surface area contributed by atoms with Crippen LogP contribution in [0.25, 0.3) is 0 Å². The second-order valence-corrected chi connectivity index (χ2v) is 5.25. The Morgan fingerprint density at radius 2 is 1.94 bits per heavy atom. The zero-order valence-corrected chi connectivity index (χ0v) is 10.9. The van der Waals surface area contributed by atoms with Crippen molar-refractivity contribution in [2.45, 2.75) is 31.7 Å².